The predicted molar refractivity (Wildman–Crippen MR) is 85.1 cm³/mol. The summed E-state index contributed by atoms with van der Waals surface area (Å²) in [5, 5.41) is 5.24. The summed E-state index contributed by atoms with van der Waals surface area (Å²) in [5.41, 5.74) is 2.29. The van der Waals surface area contributed by atoms with Gasteiger partial charge in [-0.3, -0.25) is 9.58 Å². The number of nitrogens with zero attached hydrogens (tertiary/aromatic N) is 3. The maximum Gasteiger partial charge on any atom is 0.131 e. The SMILES string of the molecule is Cc1nn(C)c(Cl)c1CN(CCC(C)C)C1CCCC1. The zero-order chi connectivity index (χ0) is 14.7. The van der Waals surface area contributed by atoms with Gasteiger partial charge in [-0.05, 0) is 38.6 Å². The van der Waals surface area contributed by atoms with E-state index in [4.69, 9.17) is 11.6 Å². The Bertz CT molecular complexity index is 433. The van der Waals surface area contributed by atoms with Crippen LogP contribution in [0.1, 0.15) is 57.2 Å². The summed E-state index contributed by atoms with van der Waals surface area (Å²) in [7, 11) is 1.92. The maximum absolute atomic E-state index is 6.40. The molecule has 0 N–H and O–H groups in total. The smallest absolute Gasteiger partial charge is 0.131 e. The first-order valence-corrected chi connectivity index (χ1v) is 8.29. The lowest BCUT2D eigenvalue weighted by atomic mass is 10.1. The van der Waals surface area contributed by atoms with Crippen molar-refractivity contribution in [3.63, 3.8) is 0 Å². The molecule has 0 bridgehead atoms. The largest absolute Gasteiger partial charge is 0.296 e. The molecule has 0 aromatic carbocycles. The van der Waals surface area contributed by atoms with E-state index in [1.165, 1.54) is 44.2 Å². The van der Waals surface area contributed by atoms with E-state index in [2.05, 4.69) is 30.8 Å². The van der Waals surface area contributed by atoms with Crippen LogP contribution in [0.15, 0.2) is 0 Å². The van der Waals surface area contributed by atoms with Crippen molar-refractivity contribution in [2.24, 2.45) is 13.0 Å². The quantitative estimate of drug-likeness (QED) is 0.785. The van der Waals surface area contributed by atoms with Gasteiger partial charge in [0.25, 0.3) is 0 Å². The molecule has 4 heteroatoms. The van der Waals surface area contributed by atoms with Crippen molar-refractivity contribution in [2.75, 3.05) is 6.54 Å². The van der Waals surface area contributed by atoms with E-state index in [-0.39, 0.29) is 0 Å². The van der Waals surface area contributed by atoms with Crippen LogP contribution in [-0.2, 0) is 13.6 Å². The third kappa shape index (κ3) is 3.76. The van der Waals surface area contributed by atoms with Crippen LogP contribution in [0.25, 0.3) is 0 Å². The molecule has 0 unspecified atom stereocenters. The summed E-state index contributed by atoms with van der Waals surface area (Å²) in [6, 6.07) is 0.740. The van der Waals surface area contributed by atoms with Gasteiger partial charge in [0, 0.05) is 25.2 Å². The molecule has 0 aliphatic heterocycles. The molecule has 2 rings (SSSR count). The number of hydrogen-bond acceptors (Lipinski definition) is 2. The summed E-state index contributed by atoms with van der Waals surface area (Å²) in [6.07, 6.45) is 6.70. The summed E-state index contributed by atoms with van der Waals surface area (Å²) < 4.78 is 1.79. The fourth-order valence-corrected chi connectivity index (χ4v) is 3.38. The van der Waals surface area contributed by atoms with Gasteiger partial charge < -0.3 is 0 Å². The lowest BCUT2D eigenvalue weighted by Crippen LogP contribution is -2.34. The van der Waals surface area contributed by atoms with Gasteiger partial charge in [0.2, 0.25) is 0 Å². The van der Waals surface area contributed by atoms with Crippen molar-refractivity contribution in [3.05, 3.63) is 16.4 Å². The standard InChI is InChI=1S/C16H28ClN3/c1-12(2)9-10-20(14-7-5-6-8-14)11-15-13(3)18-19(4)16(15)17/h12,14H,5-11H2,1-4H3. The molecule has 1 aliphatic carbocycles. The van der Waals surface area contributed by atoms with Crippen molar-refractivity contribution in [1.82, 2.24) is 14.7 Å². The lowest BCUT2D eigenvalue weighted by molar-refractivity contribution is 0.179. The van der Waals surface area contributed by atoms with Crippen LogP contribution < -0.4 is 0 Å². The van der Waals surface area contributed by atoms with Crippen LogP contribution in [0.2, 0.25) is 5.15 Å². The van der Waals surface area contributed by atoms with E-state index in [1.807, 2.05) is 7.05 Å². The minimum absolute atomic E-state index is 0.740. The first-order valence-electron chi connectivity index (χ1n) is 7.91. The fraction of sp³-hybridized carbons (Fsp3) is 0.812. The van der Waals surface area contributed by atoms with Crippen LogP contribution >= 0.6 is 11.6 Å². The molecule has 0 spiro atoms. The highest BCUT2D eigenvalue weighted by molar-refractivity contribution is 6.30. The summed E-state index contributed by atoms with van der Waals surface area (Å²) in [6.45, 7) is 8.80. The van der Waals surface area contributed by atoms with Gasteiger partial charge in [0.1, 0.15) is 5.15 Å². The average Bonchev–Trinajstić information content (AvgIpc) is 2.98. The monoisotopic (exact) mass is 297 g/mol. The van der Waals surface area contributed by atoms with E-state index in [9.17, 15) is 0 Å². The highest BCUT2D eigenvalue weighted by Gasteiger charge is 2.24. The van der Waals surface area contributed by atoms with Crippen molar-refractivity contribution in [2.45, 2.75) is 65.5 Å². The second-order valence-electron chi connectivity index (χ2n) is 6.57. The predicted octanol–water partition coefficient (Wildman–Crippen LogP) is 4.17. The fourth-order valence-electron chi connectivity index (χ4n) is 3.14. The zero-order valence-electron chi connectivity index (χ0n) is 13.3. The van der Waals surface area contributed by atoms with E-state index in [1.54, 1.807) is 4.68 Å². The molecule has 0 saturated heterocycles. The highest BCUT2D eigenvalue weighted by atomic mass is 35.5. The molecule has 0 radical (unpaired) electrons. The Morgan fingerprint density at radius 1 is 1.35 bits per heavy atom. The normalized spacial score (nSPS) is 16.8. The van der Waals surface area contributed by atoms with Crippen LogP contribution in [0.5, 0.6) is 0 Å². The number of hydrogen-bond donors (Lipinski definition) is 0. The highest BCUT2D eigenvalue weighted by Crippen LogP contribution is 2.28. The summed E-state index contributed by atoms with van der Waals surface area (Å²) >= 11 is 6.40. The molecule has 114 valence electrons. The van der Waals surface area contributed by atoms with Gasteiger partial charge in [-0.1, -0.05) is 38.3 Å². The van der Waals surface area contributed by atoms with Crippen molar-refractivity contribution in [3.8, 4) is 0 Å². The van der Waals surface area contributed by atoms with Crippen LogP contribution in [-0.4, -0.2) is 27.3 Å². The average molecular weight is 298 g/mol. The van der Waals surface area contributed by atoms with Crippen molar-refractivity contribution in [1.29, 1.82) is 0 Å². The van der Waals surface area contributed by atoms with E-state index in [0.717, 1.165) is 29.4 Å². The molecule has 1 aliphatic rings. The Balaban J connectivity index is 2.09. The van der Waals surface area contributed by atoms with Crippen molar-refractivity contribution < 1.29 is 0 Å². The number of rotatable bonds is 6. The Hall–Kier alpha value is -0.540. The van der Waals surface area contributed by atoms with Gasteiger partial charge in [0.15, 0.2) is 0 Å². The Kier molecular flexibility index (Phi) is 5.50. The molecule has 0 amide bonds. The molecule has 1 fully saturated rings. The second kappa shape index (κ2) is 6.95. The minimum atomic E-state index is 0.740. The number of aryl methyl sites for hydroxylation is 2. The third-order valence-corrected chi connectivity index (χ3v) is 4.94. The molecule has 3 nitrogen and oxygen atoms in total. The van der Waals surface area contributed by atoms with Crippen molar-refractivity contribution >= 4 is 11.6 Å². The molecule has 1 aromatic heterocycles. The molecule has 0 atom stereocenters. The Morgan fingerprint density at radius 3 is 2.50 bits per heavy atom. The number of aromatic nitrogens is 2. The van der Waals surface area contributed by atoms with Crippen LogP contribution in [0.3, 0.4) is 0 Å². The Labute approximate surface area is 128 Å². The summed E-state index contributed by atoms with van der Waals surface area (Å²) in [5.74, 6) is 0.754. The molecular weight excluding hydrogens is 270 g/mol. The topological polar surface area (TPSA) is 21.1 Å². The second-order valence-corrected chi connectivity index (χ2v) is 6.93. The molecule has 1 heterocycles. The first-order chi connectivity index (χ1) is 9.49. The zero-order valence-corrected chi connectivity index (χ0v) is 14.1. The van der Waals surface area contributed by atoms with Crippen LogP contribution in [0.4, 0.5) is 0 Å². The third-order valence-electron chi connectivity index (χ3n) is 4.47. The molecule has 1 aromatic rings. The van der Waals surface area contributed by atoms with Crippen LogP contribution in [0, 0.1) is 12.8 Å². The summed E-state index contributed by atoms with van der Waals surface area (Å²) in [4.78, 5) is 2.64. The minimum Gasteiger partial charge on any atom is -0.296 e. The van der Waals surface area contributed by atoms with E-state index >= 15 is 0 Å². The maximum atomic E-state index is 6.40. The van der Waals surface area contributed by atoms with E-state index in [0.29, 0.717) is 0 Å². The van der Waals surface area contributed by atoms with Gasteiger partial charge in [0.05, 0.1) is 5.69 Å². The Morgan fingerprint density at radius 2 is 2.00 bits per heavy atom. The first kappa shape index (κ1) is 15.8. The number of halogens is 1. The lowest BCUT2D eigenvalue weighted by Gasteiger charge is -2.29. The van der Waals surface area contributed by atoms with E-state index < -0.39 is 0 Å². The van der Waals surface area contributed by atoms with Gasteiger partial charge >= 0.3 is 0 Å². The van der Waals surface area contributed by atoms with Gasteiger partial charge in [-0.2, -0.15) is 5.10 Å². The molecule has 20 heavy (non-hydrogen) atoms. The van der Waals surface area contributed by atoms with Gasteiger partial charge in [-0.25, -0.2) is 0 Å². The molecular formula is C16H28ClN3. The van der Waals surface area contributed by atoms with Gasteiger partial charge in [-0.15, -0.1) is 0 Å². The molecule has 1 saturated carbocycles.